The Bertz CT molecular complexity index is 560. The number of ketones is 1. The molecule has 0 fully saturated rings. The molecule has 0 aliphatic carbocycles. The zero-order chi connectivity index (χ0) is 12.4. The second-order valence-electron chi connectivity index (χ2n) is 3.83. The molecule has 0 spiro atoms. The minimum atomic E-state index is -0.0373. The number of benzene rings is 1. The fourth-order valence-electron chi connectivity index (χ4n) is 1.66. The molecular weight excluding hydrogens is 236 g/mol. The largest absolute Gasteiger partial charge is 0.288 e. The Balaban J connectivity index is 2.40. The van der Waals surface area contributed by atoms with E-state index < -0.39 is 0 Å². The lowest BCUT2D eigenvalue weighted by Gasteiger charge is -2.04. The first kappa shape index (κ1) is 11.9. The Kier molecular flexibility index (Phi) is 3.29. The van der Waals surface area contributed by atoms with Gasteiger partial charge in [0.05, 0.1) is 11.8 Å². The van der Waals surface area contributed by atoms with Gasteiger partial charge >= 0.3 is 0 Å². The summed E-state index contributed by atoms with van der Waals surface area (Å²) in [5.41, 5.74) is 2.04. The van der Waals surface area contributed by atoms with Crippen LogP contribution in [0.1, 0.15) is 28.4 Å². The van der Waals surface area contributed by atoms with Crippen molar-refractivity contribution < 1.29 is 4.79 Å². The van der Waals surface area contributed by atoms with Crippen molar-refractivity contribution in [2.24, 2.45) is 0 Å². The smallest absolute Gasteiger partial charge is 0.196 e. The van der Waals surface area contributed by atoms with E-state index in [0.29, 0.717) is 16.1 Å². The standard InChI is InChI=1S/C13H13ClN2O/c1-3-16-8-10(7-15-16)13(17)11-5-4-6-12(14)9(11)2/h4-8H,3H2,1-2H3. The summed E-state index contributed by atoms with van der Waals surface area (Å²) >= 11 is 6.00. The van der Waals surface area contributed by atoms with Gasteiger partial charge in [-0.05, 0) is 25.5 Å². The summed E-state index contributed by atoms with van der Waals surface area (Å²) in [4.78, 5) is 12.2. The number of carbonyl (C=O) groups is 1. The predicted molar refractivity (Wildman–Crippen MR) is 67.5 cm³/mol. The quantitative estimate of drug-likeness (QED) is 0.783. The molecule has 0 radical (unpaired) electrons. The molecule has 1 aromatic heterocycles. The van der Waals surface area contributed by atoms with Crippen LogP contribution in [-0.2, 0) is 6.54 Å². The van der Waals surface area contributed by atoms with Gasteiger partial charge in [-0.25, -0.2) is 0 Å². The number of carbonyl (C=O) groups excluding carboxylic acids is 1. The number of aryl methyl sites for hydroxylation is 1. The number of halogens is 1. The summed E-state index contributed by atoms with van der Waals surface area (Å²) in [6, 6.07) is 5.35. The Hall–Kier alpha value is -1.61. The van der Waals surface area contributed by atoms with Gasteiger partial charge in [0.2, 0.25) is 0 Å². The van der Waals surface area contributed by atoms with E-state index in [-0.39, 0.29) is 5.78 Å². The number of hydrogen-bond acceptors (Lipinski definition) is 2. The van der Waals surface area contributed by atoms with Gasteiger partial charge in [0.25, 0.3) is 0 Å². The molecule has 0 amide bonds. The van der Waals surface area contributed by atoms with Crippen LogP contribution in [0.15, 0.2) is 30.6 Å². The molecule has 0 N–H and O–H groups in total. The van der Waals surface area contributed by atoms with E-state index in [1.807, 2.05) is 13.8 Å². The first-order chi connectivity index (χ1) is 8.13. The third-order valence-electron chi connectivity index (χ3n) is 2.73. The van der Waals surface area contributed by atoms with Gasteiger partial charge in [-0.3, -0.25) is 9.48 Å². The molecule has 0 unspecified atom stereocenters. The minimum absolute atomic E-state index is 0.0373. The van der Waals surface area contributed by atoms with Crippen molar-refractivity contribution in [3.05, 3.63) is 52.3 Å². The third-order valence-corrected chi connectivity index (χ3v) is 3.14. The Morgan fingerprint density at radius 2 is 2.24 bits per heavy atom. The van der Waals surface area contributed by atoms with Crippen LogP contribution >= 0.6 is 11.6 Å². The van der Waals surface area contributed by atoms with Crippen LogP contribution in [0, 0.1) is 6.92 Å². The molecule has 2 rings (SSSR count). The van der Waals surface area contributed by atoms with Crippen molar-refractivity contribution in [2.75, 3.05) is 0 Å². The molecular formula is C13H13ClN2O. The number of hydrogen-bond donors (Lipinski definition) is 0. The van der Waals surface area contributed by atoms with E-state index >= 15 is 0 Å². The first-order valence-electron chi connectivity index (χ1n) is 5.45. The second-order valence-corrected chi connectivity index (χ2v) is 4.23. The fourth-order valence-corrected chi connectivity index (χ4v) is 1.84. The maximum absolute atomic E-state index is 12.2. The first-order valence-corrected chi connectivity index (χ1v) is 5.83. The average molecular weight is 249 g/mol. The molecule has 0 aliphatic rings. The topological polar surface area (TPSA) is 34.9 Å². The van der Waals surface area contributed by atoms with E-state index in [1.54, 1.807) is 35.3 Å². The van der Waals surface area contributed by atoms with Crippen LogP contribution < -0.4 is 0 Å². The van der Waals surface area contributed by atoms with Gasteiger partial charge in [-0.2, -0.15) is 5.10 Å². The number of rotatable bonds is 3. The Morgan fingerprint density at radius 1 is 1.47 bits per heavy atom. The second kappa shape index (κ2) is 4.72. The van der Waals surface area contributed by atoms with E-state index in [4.69, 9.17) is 11.6 Å². The summed E-state index contributed by atoms with van der Waals surface area (Å²) in [7, 11) is 0. The highest BCUT2D eigenvalue weighted by Crippen LogP contribution is 2.21. The van der Waals surface area contributed by atoms with Gasteiger partial charge < -0.3 is 0 Å². The van der Waals surface area contributed by atoms with Crippen molar-refractivity contribution in [1.82, 2.24) is 9.78 Å². The van der Waals surface area contributed by atoms with E-state index in [0.717, 1.165) is 12.1 Å². The summed E-state index contributed by atoms with van der Waals surface area (Å²) in [6.45, 7) is 4.58. The molecule has 0 bridgehead atoms. The van der Waals surface area contributed by atoms with Gasteiger partial charge in [-0.15, -0.1) is 0 Å². The summed E-state index contributed by atoms with van der Waals surface area (Å²) < 4.78 is 1.73. The van der Waals surface area contributed by atoms with E-state index in [1.165, 1.54) is 0 Å². The van der Waals surface area contributed by atoms with Crippen LogP contribution in [0.2, 0.25) is 5.02 Å². The van der Waals surface area contributed by atoms with Crippen LogP contribution in [0.5, 0.6) is 0 Å². The average Bonchev–Trinajstić information content (AvgIpc) is 2.80. The predicted octanol–water partition coefficient (Wildman–Crippen LogP) is 3.10. The lowest BCUT2D eigenvalue weighted by molar-refractivity contribution is 0.103. The Morgan fingerprint density at radius 3 is 2.88 bits per heavy atom. The van der Waals surface area contributed by atoms with Crippen LogP contribution in [-0.4, -0.2) is 15.6 Å². The van der Waals surface area contributed by atoms with Gasteiger partial charge in [0, 0.05) is 23.3 Å². The molecule has 0 aliphatic heterocycles. The van der Waals surface area contributed by atoms with E-state index in [9.17, 15) is 4.79 Å². The summed E-state index contributed by atoms with van der Waals surface area (Å²) in [6.07, 6.45) is 3.34. The molecule has 0 saturated heterocycles. The molecule has 0 saturated carbocycles. The number of nitrogens with zero attached hydrogens (tertiary/aromatic N) is 2. The minimum Gasteiger partial charge on any atom is -0.288 e. The molecule has 0 atom stereocenters. The molecule has 2 aromatic rings. The lowest BCUT2D eigenvalue weighted by Crippen LogP contribution is -2.03. The van der Waals surface area contributed by atoms with E-state index in [2.05, 4.69) is 5.10 Å². The molecule has 88 valence electrons. The van der Waals surface area contributed by atoms with Crippen LogP contribution in [0.4, 0.5) is 0 Å². The zero-order valence-electron chi connectivity index (χ0n) is 9.77. The van der Waals surface area contributed by atoms with Crippen molar-refractivity contribution in [2.45, 2.75) is 20.4 Å². The van der Waals surface area contributed by atoms with Crippen molar-refractivity contribution in [1.29, 1.82) is 0 Å². The molecule has 1 heterocycles. The maximum Gasteiger partial charge on any atom is 0.196 e. The highest BCUT2D eigenvalue weighted by atomic mass is 35.5. The summed E-state index contributed by atoms with van der Waals surface area (Å²) in [5, 5.41) is 4.71. The SMILES string of the molecule is CCn1cc(C(=O)c2cccc(Cl)c2C)cn1. The van der Waals surface area contributed by atoms with Gasteiger partial charge in [0.1, 0.15) is 0 Å². The van der Waals surface area contributed by atoms with Crippen molar-refractivity contribution in [3.63, 3.8) is 0 Å². The van der Waals surface area contributed by atoms with Gasteiger partial charge in [0.15, 0.2) is 5.78 Å². The molecule has 1 aromatic carbocycles. The number of aromatic nitrogens is 2. The monoisotopic (exact) mass is 248 g/mol. The zero-order valence-corrected chi connectivity index (χ0v) is 10.5. The van der Waals surface area contributed by atoms with Crippen molar-refractivity contribution in [3.8, 4) is 0 Å². The normalized spacial score (nSPS) is 10.5. The molecule has 4 heteroatoms. The Labute approximate surface area is 105 Å². The van der Waals surface area contributed by atoms with Crippen molar-refractivity contribution >= 4 is 17.4 Å². The van der Waals surface area contributed by atoms with Gasteiger partial charge in [-0.1, -0.05) is 23.7 Å². The highest BCUT2D eigenvalue weighted by Gasteiger charge is 2.14. The lowest BCUT2D eigenvalue weighted by atomic mass is 10.0. The van der Waals surface area contributed by atoms with Crippen LogP contribution in [0.3, 0.4) is 0 Å². The fraction of sp³-hybridized carbons (Fsp3) is 0.231. The van der Waals surface area contributed by atoms with Crippen LogP contribution in [0.25, 0.3) is 0 Å². The maximum atomic E-state index is 12.2. The molecule has 17 heavy (non-hydrogen) atoms. The highest BCUT2D eigenvalue weighted by molar-refractivity contribution is 6.32. The molecule has 3 nitrogen and oxygen atoms in total. The third kappa shape index (κ3) is 2.24. The summed E-state index contributed by atoms with van der Waals surface area (Å²) in [5.74, 6) is -0.0373.